The van der Waals surface area contributed by atoms with Crippen molar-refractivity contribution in [1.82, 2.24) is 10.2 Å². The van der Waals surface area contributed by atoms with Gasteiger partial charge in [-0.15, -0.1) is 0 Å². The Hall–Kier alpha value is -4.25. The van der Waals surface area contributed by atoms with Crippen LogP contribution in [0.1, 0.15) is 18.1 Å². The van der Waals surface area contributed by atoms with E-state index >= 15 is 0 Å². The van der Waals surface area contributed by atoms with Crippen molar-refractivity contribution in [1.29, 1.82) is 0 Å². The maximum absolute atomic E-state index is 14.2. The van der Waals surface area contributed by atoms with Crippen LogP contribution in [0, 0.1) is 0 Å². The van der Waals surface area contributed by atoms with Crippen LogP contribution < -0.4 is 23.8 Å². The molecule has 3 aromatic carbocycles. The summed E-state index contributed by atoms with van der Waals surface area (Å²) in [6.45, 7) is 1.63. The molecular weight excluding hydrogens is 546 g/mol. The summed E-state index contributed by atoms with van der Waals surface area (Å²) in [6.07, 6.45) is 1.24. The van der Waals surface area contributed by atoms with Gasteiger partial charge in [0.05, 0.1) is 33.3 Å². The highest BCUT2D eigenvalue weighted by Gasteiger charge is 2.33. The Labute approximate surface area is 241 Å². The molecule has 1 atom stereocenters. The SMILES string of the molecule is CCNC(=O)C(Cc1ccccc1)N(Cc1cccc(OC)c1)C(=O)CN(c1cc(OC)ccc1OC)S(C)(=O)=O. The molecule has 220 valence electrons. The lowest BCUT2D eigenvalue weighted by Gasteiger charge is -2.33. The maximum atomic E-state index is 14.2. The van der Waals surface area contributed by atoms with Crippen molar-refractivity contribution in [3.05, 3.63) is 83.9 Å². The number of hydrogen-bond donors (Lipinski definition) is 1. The van der Waals surface area contributed by atoms with E-state index in [1.165, 1.54) is 25.2 Å². The Morgan fingerprint density at radius 1 is 0.854 bits per heavy atom. The number of carbonyl (C=O) groups excluding carboxylic acids is 2. The lowest BCUT2D eigenvalue weighted by Crippen LogP contribution is -2.53. The second-order valence-corrected chi connectivity index (χ2v) is 11.2. The summed E-state index contributed by atoms with van der Waals surface area (Å²) in [5.41, 5.74) is 1.70. The minimum absolute atomic E-state index is 0.0392. The van der Waals surface area contributed by atoms with Gasteiger partial charge in [-0.25, -0.2) is 8.42 Å². The molecule has 1 unspecified atom stereocenters. The van der Waals surface area contributed by atoms with E-state index in [9.17, 15) is 18.0 Å². The fourth-order valence-electron chi connectivity index (χ4n) is 4.40. The smallest absolute Gasteiger partial charge is 0.244 e. The molecule has 0 bridgehead atoms. The van der Waals surface area contributed by atoms with E-state index in [1.54, 1.807) is 44.4 Å². The van der Waals surface area contributed by atoms with Crippen LogP contribution in [0.4, 0.5) is 5.69 Å². The zero-order valence-electron chi connectivity index (χ0n) is 24.0. The topological polar surface area (TPSA) is 114 Å². The highest BCUT2D eigenvalue weighted by atomic mass is 32.2. The molecule has 0 heterocycles. The summed E-state index contributed by atoms with van der Waals surface area (Å²) in [4.78, 5) is 29.0. The number of hydrogen-bond acceptors (Lipinski definition) is 7. The van der Waals surface area contributed by atoms with Gasteiger partial charge in [0, 0.05) is 25.6 Å². The Morgan fingerprint density at radius 2 is 1.51 bits per heavy atom. The number of sulfonamides is 1. The highest BCUT2D eigenvalue weighted by molar-refractivity contribution is 7.92. The summed E-state index contributed by atoms with van der Waals surface area (Å²) in [5, 5.41) is 2.83. The zero-order chi connectivity index (χ0) is 30.0. The first kappa shape index (κ1) is 31.3. The van der Waals surface area contributed by atoms with Gasteiger partial charge in [0.25, 0.3) is 0 Å². The van der Waals surface area contributed by atoms with Gasteiger partial charge < -0.3 is 24.4 Å². The first-order chi connectivity index (χ1) is 19.6. The maximum Gasteiger partial charge on any atom is 0.244 e. The molecule has 3 aromatic rings. The van der Waals surface area contributed by atoms with E-state index in [0.717, 1.165) is 16.1 Å². The van der Waals surface area contributed by atoms with E-state index in [-0.39, 0.29) is 30.3 Å². The lowest BCUT2D eigenvalue weighted by molar-refractivity contribution is -0.140. The second-order valence-electron chi connectivity index (χ2n) is 9.28. The number of benzene rings is 3. The van der Waals surface area contributed by atoms with Gasteiger partial charge in [-0.3, -0.25) is 13.9 Å². The molecule has 0 radical (unpaired) electrons. The quantitative estimate of drug-likeness (QED) is 0.310. The van der Waals surface area contributed by atoms with Crippen LogP contribution in [0.3, 0.4) is 0 Å². The van der Waals surface area contributed by atoms with Crippen LogP contribution in [0.25, 0.3) is 0 Å². The minimum atomic E-state index is -3.97. The van der Waals surface area contributed by atoms with E-state index in [1.807, 2.05) is 36.4 Å². The summed E-state index contributed by atoms with van der Waals surface area (Å²) >= 11 is 0. The highest BCUT2D eigenvalue weighted by Crippen LogP contribution is 2.34. The third-order valence-electron chi connectivity index (χ3n) is 6.44. The largest absolute Gasteiger partial charge is 0.497 e. The number of nitrogens with one attached hydrogen (secondary N) is 1. The first-order valence-electron chi connectivity index (χ1n) is 13.0. The average molecular weight is 584 g/mol. The van der Waals surface area contributed by atoms with Crippen LogP contribution >= 0.6 is 0 Å². The fourth-order valence-corrected chi connectivity index (χ4v) is 5.24. The molecule has 0 aliphatic rings. The molecule has 3 rings (SSSR count). The van der Waals surface area contributed by atoms with Crippen molar-refractivity contribution < 1.29 is 32.2 Å². The van der Waals surface area contributed by atoms with Crippen molar-refractivity contribution in [2.75, 3.05) is 45.0 Å². The summed E-state index contributed by atoms with van der Waals surface area (Å²) in [6, 6.07) is 20.3. The van der Waals surface area contributed by atoms with Gasteiger partial charge >= 0.3 is 0 Å². The van der Waals surface area contributed by atoms with E-state index in [0.29, 0.717) is 23.6 Å². The number of ether oxygens (including phenoxy) is 3. The molecular formula is C30H37N3O7S. The number of rotatable bonds is 14. The summed E-state index contributed by atoms with van der Waals surface area (Å²) in [5.74, 6) is 0.298. The van der Waals surface area contributed by atoms with Gasteiger partial charge in [-0.2, -0.15) is 0 Å². The van der Waals surface area contributed by atoms with Crippen molar-refractivity contribution in [2.24, 2.45) is 0 Å². The molecule has 0 aromatic heterocycles. The fraction of sp³-hybridized carbons (Fsp3) is 0.333. The van der Waals surface area contributed by atoms with Gasteiger partial charge in [-0.05, 0) is 42.3 Å². The van der Waals surface area contributed by atoms with Crippen molar-refractivity contribution in [2.45, 2.75) is 25.9 Å². The number of amides is 2. The van der Waals surface area contributed by atoms with Crippen LogP contribution in [-0.4, -0.2) is 71.8 Å². The van der Waals surface area contributed by atoms with Crippen LogP contribution in [0.2, 0.25) is 0 Å². The first-order valence-corrected chi connectivity index (χ1v) is 14.9. The Kier molecular flexibility index (Phi) is 11.0. The van der Waals surface area contributed by atoms with Crippen LogP contribution in [0.15, 0.2) is 72.8 Å². The molecule has 0 spiro atoms. The third-order valence-corrected chi connectivity index (χ3v) is 7.57. The standard InChI is InChI=1S/C30H37N3O7S/c1-6-31-30(35)27(18-22-11-8-7-9-12-22)32(20-23-13-10-14-24(17-23)38-2)29(34)21-33(41(5,36)37)26-19-25(39-3)15-16-28(26)40-4/h7-17,19,27H,6,18,20-21H2,1-5H3,(H,31,35). The summed E-state index contributed by atoms with van der Waals surface area (Å²) < 4.78 is 43.2. The Morgan fingerprint density at radius 3 is 2.12 bits per heavy atom. The van der Waals surface area contributed by atoms with Gasteiger partial charge in [-0.1, -0.05) is 42.5 Å². The molecule has 11 heteroatoms. The normalized spacial score (nSPS) is 11.7. The molecule has 2 amide bonds. The molecule has 0 fully saturated rings. The van der Waals surface area contributed by atoms with Crippen LogP contribution in [0.5, 0.6) is 17.2 Å². The molecule has 0 saturated heterocycles. The molecule has 41 heavy (non-hydrogen) atoms. The number of likely N-dealkylation sites (N-methyl/N-ethyl adjacent to an activating group) is 1. The number of anilines is 1. The number of carbonyl (C=O) groups is 2. The molecule has 1 N–H and O–H groups in total. The Bertz CT molecular complexity index is 1430. The van der Waals surface area contributed by atoms with E-state index in [2.05, 4.69) is 5.32 Å². The molecule has 0 saturated carbocycles. The van der Waals surface area contributed by atoms with Crippen molar-refractivity contribution in [3.63, 3.8) is 0 Å². The molecule has 0 aliphatic heterocycles. The van der Waals surface area contributed by atoms with Gasteiger partial charge in [0.15, 0.2) is 0 Å². The predicted octanol–water partition coefficient (Wildman–Crippen LogP) is 3.25. The van der Waals surface area contributed by atoms with Crippen molar-refractivity contribution >= 4 is 27.5 Å². The molecule has 10 nitrogen and oxygen atoms in total. The predicted molar refractivity (Wildman–Crippen MR) is 158 cm³/mol. The number of nitrogens with zero attached hydrogens (tertiary/aromatic N) is 2. The van der Waals surface area contributed by atoms with Crippen molar-refractivity contribution in [3.8, 4) is 17.2 Å². The van der Waals surface area contributed by atoms with E-state index in [4.69, 9.17) is 14.2 Å². The lowest BCUT2D eigenvalue weighted by atomic mass is 10.0. The third kappa shape index (κ3) is 8.37. The number of methoxy groups -OCH3 is 3. The summed E-state index contributed by atoms with van der Waals surface area (Å²) in [7, 11) is 0.436. The average Bonchev–Trinajstić information content (AvgIpc) is 2.97. The molecule has 0 aliphatic carbocycles. The van der Waals surface area contributed by atoms with E-state index < -0.39 is 28.5 Å². The van der Waals surface area contributed by atoms with Gasteiger partial charge in [0.2, 0.25) is 21.8 Å². The van der Waals surface area contributed by atoms with Gasteiger partial charge in [0.1, 0.15) is 29.8 Å². The van der Waals surface area contributed by atoms with Crippen LogP contribution in [-0.2, 0) is 32.6 Å². The zero-order valence-corrected chi connectivity index (χ0v) is 24.8. The minimum Gasteiger partial charge on any atom is -0.497 e. The Balaban J connectivity index is 2.10. The second kappa shape index (κ2) is 14.4. The monoisotopic (exact) mass is 583 g/mol.